The van der Waals surface area contributed by atoms with Gasteiger partial charge in [0.1, 0.15) is 6.04 Å². The number of piperidine rings is 1. The Morgan fingerprint density at radius 3 is 2.42 bits per heavy atom. The van der Waals surface area contributed by atoms with E-state index in [-0.39, 0.29) is 24.0 Å². The third kappa shape index (κ3) is 5.19. The second-order valence-electron chi connectivity index (χ2n) is 5.07. The highest BCUT2D eigenvalue weighted by Crippen LogP contribution is 2.17. The van der Waals surface area contributed by atoms with E-state index in [0.29, 0.717) is 6.61 Å². The number of carbonyl (C=O) groups excluding carboxylic acids is 2. The molecule has 1 rings (SSSR count). The maximum atomic E-state index is 12.0. The van der Waals surface area contributed by atoms with Crippen LogP contribution in [-0.4, -0.2) is 48.6 Å². The molecule has 0 aliphatic carbocycles. The summed E-state index contributed by atoms with van der Waals surface area (Å²) in [7, 11) is 0. The predicted octanol–water partition coefficient (Wildman–Crippen LogP) is 1.32. The normalized spacial score (nSPS) is 18.9. The number of carbonyl (C=O) groups is 2. The van der Waals surface area contributed by atoms with Gasteiger partial charge in [-0.3, -0.25) is 14.5 Å². The van der Waals surface area contributed by atoms with Crippen molar-refractivity contribution in [2.75, 3.05) is 19.7 Å². The summed E-state index contributed by atoms with van der Waals surface area (Å²) in [6, 6.07) is 0.126. The van der Waals surface area contributed by atoms with Gasteiger partial charge < -0.3 is 10.1 Å². The standard InChI is InChI=1S/C14H26N2O3/c1-4-6-13(14(18)19-5-2)16-9-7-12(8-10-16)15-11(3)17/h12-13H,4-10H2,1-3H3,(H,15,17). The highest BCUT2D eigenvalue weighted by atomic mass is 16.5. The van der Waals surface area contributed by atoms with Crippen LogP contribution in [-0.2, 0) is 14.3 Å². The van der Waals surface area contributed by atoms with Crippen LogP contribution in [0.1, 0.15) is 46.5 Å². The number of nitrogens with one attached hydrogen (secondary N) is 1. The maximum absolute atomic E-state index is 12.0. The predicted molar refractivity (Wildman–Crippen MR) is 73.7 cm³/mol. The molecule has 0 radical (unpaired) electrons. The van der Waals surface area contributed by atoms with E-state index >= 15 is 0 Å². The summed E-state index contributed by atoms with van der Waals surface area (Å²) in [5, 5.41) is 2.95. The first-order valence-electron chi connectivity index (χ1n) is 7.26. The molecule has 1 N–H and O–H groups in total. The van der Waals surface area contributed by atoms with Crippen LogP contribution in [0.4, 0.5) is 0 Å². The van der Waals surface area contributed by atoms with Gasteiger partial charge in [-0.25, -0.2) is 0 Å². The minimum Gasteiger partial charge on any atom is -0.465 e. The quantitative estimate of drug-likeness (QED) is 0.740. The monoisotopic (exact) mass is 270 g/mol. The van der Waals surface area contributed by atoms with Crippen molar-refractivity contribution in [3.05, 3.63) is 0 Å². The average molecular weight is 270 g/mol. The summed E-state index contributed by atoms with van der Waals surface area (Å²) in [4.78, 5) is 25.2. The zero-order valence-electron chi connectivity index (χ0n) is 12.3. The summed E-state index contributed by atoms with van der Waals surface area (Å²) in [5.41, 5.74) is 0. The van der Waals surface area contributed by atoms with Crippen molar-refractivity contribution in [3.8, 4) is 0 Å². The number of ether oxygens (including phenoxy) is 1. The number of likely N-dealkylation sites (tertiary alicyclic amines) is 1. The molecular weight excluding hydrogens is 244 g/mol. The fourth-order valence-corrected chi connectivity index (χ4v) is 2.60. The molecule has 0 aromatic heterocycles. The van der Waals surface area contributed by atoms with Crippen LogP contribution in [0.2, 0.25) is 0 Å². The SMILES string of the molecule is CCCC(C(=O)OCC)N1CCC(NC(C)=O)CC1. The fourth-order valence-electron chi connectivity index (χ4n) is 2.60. The van der Waals surface area contributed by atoms with E-state index in [0.717, 1.165) is 38.8 Å². The lowest BCUT2D eigenvalue weighted by Crippen LogP contribution is -2.50. The van der Waals surface area contributed by atoms with E-state index < -0.39 is 0 Å². The molecule has 110 valence electrons. The van der Waals surface area contributed by atoms with Gasteiger partial charge in [-0.05, 0) is 26.2 Å². The summed E-state index contributed by atoms with van der Waals surface area (Å²) < 4.78 is 5.15. The molecule has 5 heteroatoms. The van der Waals surface area contributed by atoms with Gasteiger partial charge in [0.2, 0.25) is 5.91 Å². The Balaban J connectivity index is 2.49. The molecule has 1 atom stereocenters. The lowest BCUT2D eigenvalue weighted by Gasteiger charge is -2.36. The van der Waals surface area contributed by atoms with E-state index in [4.69, 9.17) is 4.74 Å². The average Bonchev–Trinajstić information content (AvgIpc) is 2.36. The molecule has 1 amide bonds. The third-order valence-electron chi connectivity index (χ3n) is 3.50. The zero-order valence-corrected chi connectivity index (χ0v) is 12.3. The lowest BCUT2D eigenvalue weighted by atomic mass is 10.0. The molecule has 1 heterocycles. The molecule has 0 saturated carbocycles. The van der Waals surface area contributed by atoms with Crippen molar-refractivity contribution in [1.29, 1.82) is 0 Å². The van der Waals surface area contributed by atoms with Gasteiger partial charge in [0.05, 0.1) is 6.61 Å². The van der Waals surface area contributed by atoms with Crippen LogP contribution in [0.3, 0.4) is 0 Å². The Labute approximate surface area is 115 Å². The van der Waals surface area contributed by atoms with E-state index in [9.17, 15) is 9.59 Å². The number of hydrogen-bond acceptors (Lipinski definition) is 4. The first-order chi connectivity index (χ1) is 9.08. The lowest BCUT2D eigenvalue weighted by molar-refractivity contribution is -0.150. The number of rotatable bonds is 6. The van der Waals surface area contributed by atoms with Gasteiger partial charge in [0.15, 0.2) is 0 Å². The van der Waals surface area contributed by atoms with Gasteiger partial charge >= 0.3 is 5.97 Å². The van der Waals surface area contributed by atoms with Gasteiger partial charge in [-0.1, -0.05) is 13.3 Å². The van der Waals surface area contributed by atoms with E-state index in [1.165, 1.54) is 0 Å². The molecule has 5 nitrogen and oxygen atoms in total. The summed E-state index contributed by atoms with van der Waals surface area (Å²) in [5.74, 6) is -0.0868. The Hall–Kier alpha value is -1.10. The molecule has 1 unspecified atom stereocenters. The van der Waals surface area contributed by atoms with Crippen LogP contribution < -0.4 is 5.32 Å². The molecule has 1 aliphatic heterocycles. The van der Waals surface area contributed by atoms with E-state index in [1.54, 1.807) is 6.92 Å². The number of amides is 1. The highest BCUT2D eigenvalue weighted by molar-refractivity contribution is 5.75. The highest BCUT2D eigenvalue weighted by Gasteiger charge is 2.30. The molecule has 1 fully saturated rings. The Bertz CT molecular complexity index is 299. The summed E-state index contributed by atoms with van der Waals surface area (Å²) >= 11 is 0. The van der Waals surface area contributed by atoms with Crippen LogP contribution in [0.25, 0.3) is 0 Å². The number of hydrogen-bond donors (Lipinski definition) is 1. The second kappa shape index (κ2) is 8.15. The van der Waals surface area contributed by atoms with Crippen LogP contribution >= 0.6 is 0 Å². The van der Waals surface area contributed by atoms with Gasteiger partial charge in [-0.15, -0.1) is 0 Å². The zero-order chi connectivity index (χ0) is 14.3. The van der Waals surface area contributed by atoms with Crippen LogP contribution in [0.15, 0.2) is 0 Å². The van der Waals surface area contributed by atoms with E-state index in [2.05, 4.69) is 17.1 Å². The molecule has 1 aliphatic rings. The molecule has 0 bridgehead atoms. The molecule has 0 spiro atoms. The van der Waals surface area contributed by atoms with Crippen molar-refractivity contribution in [2.45, 2.75) is 58.5 Å². The number of esters is 1. The molecule has 0 aromatic rings. The largest absolute Gasteiger partial charge is 0.465 e. The summed E-state index contributed by atoms with van der Waals surface area (Å²) in [6.07, 6.45) is 3.61. The fraction of sp³-hybridized carbons (Fsp3) is 0.857. The second-order valence-corrected chi connectivity index (χ2v) is 5.07. The maximum Gasteiger partial charge on any atom is 0.323 e. The minimum atomic E-state index is -0.122. The first kappa shape index (κ1) is 16.0. The molecule has 1 saturated heterocycles. The molecular formula is C14H26N2O3. The first-order valence-corrected chi connectivity index (χ1v) is 7.26. The van der Waals surface area contributed by atoms with Crippen molar-refractivity contribution >= 4 is 11.9 Å². The Kier molecular flexibility index (Phi) is 6.84. The summed E-state index contributed by atoms with van der Waals surface area (Å²) in [6.45, 7) is 7.58. The number of nitrogens with zero attached hydrogens (tertiary/aromatic N) is 1. The molecule has 0 aromatic carbocycles. The smallest absolute Gasteiger partial charge is 0.323 e. The Morgan fingerprint density at radius 1 is 1.32 bits per heavy atom. The van der Waals surface area contributed by atoms with Crippen molar-refractivity contribution in [1.82, 2.24) is 10.2 Å². The van der Waals surface area contributed by atoms with Crippen molar-refractivity contribution in [2.24, 2.45) is 0 Å². The minimum absolute atomic E-state index is 0.0222. The Morgan fingerprint density at radius 2 is 1.95 bits per heavy atom. The van der Waals surface area contributed by atoms with Gasteiger partial charge in [0, 0.05) is 26.1 Å². The van der Waals surface area contributed by atoms with E-state index in [1.807, 2.05) is 6.92 Å². The van der Waals surface area contributed by atoms with Gasteiger partial charge in [-0.2, -0.15) is 0 Å². The molecule has 19 heavy (non-hydrogen) atoms. The van der Waals surface area contributed by atoms with Crippen molar-refractivity contribution in [3.63, 3.8) is 0 Å². The van der Waals surface area contributed by atoms with Crippen molar-refractivity contribution < 1.29 is 14.3 Å². The van der Waals surface area contributed by atoms with Crippen LogP contribution in [0, 0.1) is 0 Å². The topological polar surface area (TPSA) is 58.6 Å². The van der Waals surface area contributed by atoms with Gasteiger partial charge in [0.25, 0.3) is 0 Å². The third-order valence-corrected chi connectivity index (χ3v) is 3.50. The van der Waals surface area contributed by atoms with Crippen LogP contribution in [0.5, 0.6) is 0 Å².